The number of piperidine rings is 1. The standard InChI is InChI=1S/C22H30N4O2/c1-16-13-26(14-17(2)28-16)21(27)15-25-11-7-6-10-20(25)22-23-12-19(24-22)18-8-4-3-5-9-18/h3-5,8-9,12,16-17,20H,6-7,10-11,13-15H2,1-2H3,(H,23,24). The zero-order valence-electron chi connectivity index (χ0n) is 16.8. The average Bonchev–Trinajstić information content (AvgIpc) is 3.18. The molecule has 4 rings (SSSR count). The molecule has 2 aliphatic rings. The number of ether oxygens (including phenoxy) is 1. The van der Waals surface area contributed by atoms with Crippen LogP contribution in [0.2, 0.25) is 0 Å². The number of nitrogens with one attached hydrogen (secondary N) is 1. The Morgan fingerprint density at radius 1 is 1.18 bits per heavy atom. The smallest absolute Gasteiger partial charge is 0.236 e. The molecule has 1 aromatic heterocycles. The van der Waals surface area contributed by atoms with Gasteiger partial charge in [-0.1, -0.05) is 36.8 Å². The summed E-state index contributed by atoms with van der Waals surface area (Å²) in [6, 6.07) is 10.4. The lowest BCUT2D eigenvalue weighted by Crippen LogP contribution is -2.51. The molecule has 0 bridgehead atoms. The van der Waals surface area contributed by atoms with Gasteiger partial charge in [0.05, 0.1) is 36.7 Å². The zero-order valence-corrected chi connectivity index (χ0v) is 16.8. The minimum absolute atomic E-state index is 0.100. The van der Waals surface area contributed by atoms with Gasteiger partial charge < -0.3 is 14.6 Å². The maximum atomic E-state index is 13.0. The first-order valence-electron chi connectivity index (χ1n) is 10.4. The highest BCUT2D eigenvalue weighted by Crippen LogP contribution is 2.30. The molecule has 1 N–H and O–H groups in total. The number of benzene rings is 1. The molecular formula is C22H30N4O2. The van der Waals surface area contributed by atoms with Crippen LogP contribution in [-0.2, 0) is 9.53 Å². The SMILES string of the molecule is CC1CN(C(=O)CN2CCCCC2c2ncc(-c3ccccc3)[nH]2)CC(C)O1. The van der Waals surface area contributed by atoms with Gasteiger partial charge in [-0.2, -0.15) is 0 Å². The third-order valence-electron chi connectivity index (χ3n) is 5.72. The minimum Gasteiger partial charge on any atom is -0.372 e. The van der Waals surface area contributed by atoms with Crippen molar-refractivity contribution in [1.29, 1.82) is 0 Å². The first-order chi connectivity index (χ1) is 13.6. The summed E-state index contributed by atoms with van der Waals surface area (Å²) < 4.78 is 5.77. The lowest BCUT2D eigenvalue weighted by molar-refractivity contribution is -0.145. The lowest BCUT2D eigenvalue weighted by Gasteiger charge is -2.39. The second-order valence-electron chi connectivity index (χ2n) is 8.09. The van der Waals surface area contributed by atoms with Gasteiger partial charge in [0.1, 0.15) is 5.82 Å². The number of nitrogens with zero attached hydrogens (tertiary/aromatic N) is 3. The van der Waals surface area contributed by atoms with E-state index < -0.39 is 0 Å². The highest BCUT2D eigenvalue weighted by atomic mass is 16.5. The molecular weight excluding hydrogens is 352 g/mol. The quantitative estimate of drug-likeness (QED) is 0.882. The fourth-order valence-electron chi connectivity index (χ4n) is 4.42. The first kappa shape index (κ1) is 19.2. The number of carbonyl (C=O) groups is 1. The second kappa shape index (κ2) is 8.45. The predicted molar refractivity (Wildman–Crippen MR) is 109 cm³/mol. The van der Waals surface area contributed by atoms with Gasteiger partial charge in [0.15, 0.2) is 0 Å². The topological polar surface area (TPSA) is 61.5 Å². The Bertz CT molecular complexity index is 781. The number of hydrogen-bond donors (Lipinski definition) is 1. The largest absolute Gasteiger partial charge is 0.372 e. The van der Waals surface area contributed by atoms with Gasteiger partial charge in [-0.25, -0.2) is 4.98 Å². The van der Waals surface area contributed by atoms with Crippen molar-refractivity contribution in [3.63, 3.8) is 0 Å². The maximum absolute atomic E-state index is 13.0. The summed E-state index contributed by atoms with van der Waals surface area (Å²) in [5, 5.41) is 0. The van der Waals surface area contributed by atoms with E-state index in [4.69, 9.17) is 4.74 Å². The number of aromatic nitrogens is 2. The summed E-state index contributed by atoms with van der Waals surface area (Å²) in [5.41, 5.74) is 2.17. The van der Waals surface area contributed by atoms with Crippen molar-refractivity contribution < 1.29 is 9.53 Å². The Morgan fingerprint density at radius 3 is 2.68 bits per heavy atom. The fourth-order valence-corrected chi connectivity index (χ4v) is 4.42. The molecule has 6 nitrogen and oxygen atoms in total. The average molecular weight is 383 g/mol. The van der Waals surface area contributed by atoms with E-state index in [2.05, 4.69) is 27.0 Å². The van der Waals surface area contributed by atoms with Crippen molar-refractivity contribution in [3.05, 3.63) is 42.4 Å². The van der Waals surface area contributed by atoms with Gasteiger partial charge >= 0.3 is 0 Å². The fraction of sp³-hybridized carbons (Fsp3) is 0.545. The van der Waals surface area contributed by atoms with Gasteiger partial charge in [-0.05, 0) is 38.8 Å². The normalized spacial score (nSPS) is 26.4. The molecule has 2 aromatic rings. The van der Waals surface area contributed by atoms with E-state index in [0.717, 1.165) is 36.5 Å². The predicted octanol–water partition coefficient (Wildman–Crippen LogP) is 3.24. The van der Waals surface area contributed by atoms with Crippen molar-refractivity contribution in [2.24, 2.45) is 0 Å². The van der Waals surface area contributed by atoms with Crippen molar-refractivity contribution >= 4 is 5.91 Å². The molecule has 3 atom stereocenters. The van der Waals surface area contributed by atoms with Gasteiger partial charge in [-0.3, -0.25) is 9.69 Å². The Hall–Kier alpha value is -2.18. The molecule has 1 aromatic carbocycles. The monoisotopic (exact) mass is 382 g/mol. The van der Waals surface area contributed by atoms with E-state index >= 15 is 0 Å². The number of morpholine rings is 1. The summed E-state index contributed by atoms with van der Waals surface area (Å²) >= 11 is 0. The molecule has 6 heteroatoms. The number of rotatable bonds is 4. The Balaban J connectivity index is 1.46. The number of aromatic amines is 1. The van der Waals surface area contributed by atoms with Crippen LogP contribution in [0.1, 0.15) is 45.0 Å². The van der Waals surface area contributed by atoms with Crippen LogP contribution >= 0.6 is 0 Å². The lowest BCUT2D eigenvalue weighted by atomic mass is 10.0. The molecule has 0 spiro atoms. The van der Waals surface area contributed by atoms with Crippen LogP contribution in [0, 0.1) is 0 Å². The number of hydrogen-bond acceptors (Lipinski definition) is 4. The zero-order chi connectivity index (χ0) is 19.5. The van der Waals surface area contributed by atoms with E-state index in [1.165, 1.54) is 6.42 Å². The van der Waals surface area contributed by atoms with Crippen LogP contribution in [0.3, 0.4) is 0 Å². The molecule has 1 amide bonds. The molecule has 2 aliphatic heterocycles. The van der Waals surface area contributed by atoms with Crippen molar-refractivity contribution in [2.75, 3.05) is 26.2 Å². The Labute approximate surface area is 166 Å². The van der Waals surface area contributed by atoms with E-state index in [-0.39, 0.29) is 24.2 Å². The van der Waals surface area contributed by atoms with Gasteiger partial charge in [0.2, 0.25) is 5.91 Å². The minimum atomic E-state index is 0.100. The van der Waals surface area contributed by atoms with Gasteiger partial charge in [0, 0.05) is 13.1 Å². The Morgan fingerprint density at radius 2 is 1.93 bits per heavy atom. The summed E-state index contributed by atoms with van der Waals surface area (Å²) in [4.78, 5) is 25.4. The summed E-state index contributed by atoms with van der Waals surface area (Å²) in [6.45, 7) is 6.82. The maximum Gasteiger partial charge on any atom is 0.236 e. The van der Waals surface area contributed by atoms with Crippen molar-refractivity contribution in [3.8, 4) is 11.3 Å². The van der Waals surface area contributed by atoms with Gasteiger partial charge in [0.25, 0.3) is 0 Å². The molecule has 2 fully saturated rings. The van der Waals surface area contributed by atoms with Crippen LogP contribution in [0.4, 0.5) is 0 Å². The molecule has 0 aliphatic carbocycles. The van der Waals surface area contributed by atoms with Crippen LogP contribution in [0.25, 0.3) is 11.3 Å². The number of imidazole rings is 1. The summed E-state index contributed by atoms with van der Waals surface area (Å²) in [7, 11) is 0. The molecule has 0 saturated carbocycles. The molecule has 3 unspecified atom stereocenters. The molecule has 28 heavy (non-hydrogen) atoms. The highest BCUT2D eigenvalue weighted by molar-refractivity contribution is 5.78. The van der Waals surface area contributed by atoms with Crippen molar-refractivity contribution in [1.82, 2.24) is 19.8 Å². The van der Waals surface area contributed by atoms with Crippen LogP contribution in [0.15, 0.2) is 36.5 Å². The molecule has 2 saturated heterocycles. The Kier molecular flexibility index (Phi) is 5.78. The number of amides is 1. The number of H-pyrrole nitrogens is 1. The third kappa shape index (κ3) is 4.28. The van der Waals surface area contributed by atoms with E-state index in [1.54, 1.807) is 0 Å². The second-order valence-corrected chi connectivity index (χ2v) is 8.09. The van der Waals surface area contributed by atoms with E-state index in [0.29, 0.717) is 19.6 Å². The number of carbonyl (C=O) groups excluding carboxylic acids is 1. The molecule has 3 heterocycles. The number of likely N-dealkylation sites (tertiary alicyclic amines) is 1. The van der Waals surface area contributed by atoms with Crippen LogP contribution in [0.5, 0.6) is 0 Å². The molecule has 150 valence electrons. The van der Waals surface area contributed by atoms with E-state index in [1.807, 2.05) is 43.1 Å². The third-order valence-corrected chi connectivity index (χ3v) is 5.72. The van der Waals surface area contributed by atoms with Crippen LogP contribution < -0.4 is 0 Å². The van der Waals surface area contributed by atoms with Crippen LogP contribution in [-0.4, -0.2) is 64.1 Å². The summed E-state index contributed by atoms with van der Waals surface area (Å²) in [6.07, 6.45) is 5.44. The summed E-state index contributed by atoms with van der Waals surface area (Å²) in [5.74, 6) is 1.17. The molecule has 0 radical (unpaired) electrons. The highest BCUT2D eigenvalue weighted by Gasteiger charge is 2.31. The first-order valence-corrected chi connectivity index (χ1v) is 10.4. The van der Waals surface area contributed by atoms with Crippen molar-refractivity contribution in [2.45, 2.75) is 51.4 Å². The van der Waals surface area contributed by atoms with E-state index in [9.17, 15) is 4.79 Å². The van der Waals surface area contributed by atoms with Gasteiger partial charge in [-0.15, -0.1) is 0 Å².